The lowest BCUT2D eigenvalue weighted by Crippen LogP contribution is -2.37. The summed E-state index contributed by atoms with van der Waals surface area (Å²) in [6, 6.07) is 0. The zero-order chi connectivity index (χ0) is 16.4. The molecule has 0 saturated carbocycles. The van der Waals surface area contributed by atoms with Gasteiger partial charge in [-0.2, -0.15) is 0 Å². The van der Waals surface area contributed by atoms with E-state index in [4.69, 9.17) is 9.47 Å². The number of nitrogens with zero attached hydrogens (tertiary/aromatic N) is 1. The van der Waals surface area contributed by atoms with Crippen LogP contribution in [-0.2, 0) is 14.3 Å². The first-order chi connectivity index (χ1) is 10.5. The molecule has 1 aliphatic rings. The van der Waals surface area contributed by atoms with Gasteiger partial charge >= 0.3 is 0 Å². The maximum atomic E-state index is 11.4. The van der Waals surface area contributed by atoms with Gasteiger partial charge in [0.15, 0.2) is 5.78 Å². The van der Waals surface area contributed by atoms with E-state index in [2.05, 4.69) is 18.7 Å². The van der Waals surface area contributed by atoms with Gasteiger partial charge < -0.3 is 14.4 Å². The highest BCUT2D eigenvalue weighted by atomic mass is 16.5. The molecule has 1 heterocycles. The van der Waals surface area contributed by atoms with Crippen molar-refractivity contribution in [3.63, 3.8) is 0 Å². The molecule has 0 spiro atoms. The highest BCUT2D eigenvalue weighted by Gasteiger charge is 2.22. The van der Waals surface area contributed by atoms with E-state index in [9.17, 15) is 4.79 Å². The van der Waals surface area contributed by atoms with Crippen LogP contribution in [0, 0.1) is 17.8 Å². The highest BCUT2D eigenvalue weighted by molar-refractivity contribution is 5.81. The number of Topliss-reactive ketones (excluding diaryl/α,β-unsaturated/α-hetero) is 1. The molecule has 1 unspecified atom stereocenters. The summed E-state index contributed by atoms with van der Waals surface area (Å²) in [6.45, 7) is 13.9. The molecule has 1 aliphatic heterocycles. The smallest absolute Gasteiger partial charge is 0.160 e. The summed E-state index contributed by atoms with van der Waals surface area (Å²) in [5.41, 5.74) is 0. The molecular formula is C18H35NO3. The van der Waals surface area contributed by atoms with Gasteiger partial charge in [-0.15, -0.1) is 0 Å². The molecule has 130 valence electrons. The van der Waals surface area contributed by atoms with Gasteiger partial charge in [0.25, 0.3) is 0 Å². The molecule has 1 rings (SSSR count). The second kappa shape index (κ2) is 11.1. The first-order valence-electron chi connectivity index (χ1n) is 8.95. The van der Waals surface area contributed by atoms with E-state index in [1.807, 2.05) is 13.8 Å². The molecule has 0 amide bonds. The Hall–Kier alpha value is -0.450. The van der Waals surface area contributed by atoms with E-state index < -0.39 is 0 Å². The Morgan fingerprint density at radius 2 is 1.73 bits per heavy atom. The molecule has 4 heteroatoms. The van der Waals surface area contributed by atoms with Crippen molar-refractivity contribution in [1.82, 2.24) is 4.90 Å². The normalized spacial score (nSPS) is 18.8. The molecule has 0 aliphatic carbocycles. The van der Waals surface area contributed by atoms with Crippen molar-refractivity contribution >= 4 is 5.78 Å². The minimum absolute atomic E-state index is 0.0549. The molecule has 0 bridgehead atoms. The van der Waals surface area contributed by atoms with E-state index in [0.29, 0.717) is 13.2 Å². The average Bonchev–Trinajstić information content (AvgIpc) is 2.53. The average molecular weight is 313 g/mol. The maximum absolute atomic E-state index is 11.4. The van der Waals surface area contributed by atoms with Crippen LogP contribution in [0.4, 0.5) is 0 Å². The van der Waals surface area contributed by atoms with Gasteiger partial charge in [0.2, 0.25) is 0 Å². The Balaban J connectivity index is 1.95. The van der Waals surface area contributed by atoms with E-state index >= 15 is 0 Å². The lowest BCUT2D eigenvalue weighted by Gasteiger charge is -2.34. The van der Waals surface area contributed by atoms with E-state index in [1.165, 1.54) is 32.4 Å². The predicted octanol–water partition coefficient (Wildman–Crippen LogP) is 3.00. The number of carbonyl (C=O) groups is 1. The van der Waals surface area contributed by atoms with Crippen molar-refractivity contribution in [3.8, 4) is 0 Å². The summed E-state index contributed by atoms with van der Waals surface area (Å²) in [5, 5.41) is 0. The minimum Gasteiger partial charge on any atom is -0.378 e. The maximum Gasteiger partial charge on any atom is 0.160 e. The predicted molar refractivity (Wildman–Crippen MR) is 90.1 cm³/mol. The van der Waals surface area contributed by atoms with Gasteiger partial charge in [0.1, 0.15) is 6.61 Å². The summed E-state index contributed by atoms with van der Waals surface area (Å²) in [4.78, 5) is 13.9. The summed E-state index contributed by atoms with van der Waals surface area (Å²) in [6.07, 6.45) is 3.96. The first kappa shape index (κ1) is 19.6. The van der Waals surface area contributed by atoms with Crippen LogP contribution in [-0.4, -0.2) is 56.7 Å². The van der Waals surface area contributed by atoms with E-state index in [-0.39, 0.29) is 18.3 Å². The monoisotopic (exact) mass is 313 g/mol. The number of likely N-dealkylation sites (tertiary alicyclic amines) is 1. The third kappa shape index (κ3) is 7.70. The number of hydrogen-bond acceptors (Lipinski definition) is 4. The summed E-state index contributed by atoms with van der Waals surface area (Å²) < 4.78 is 10.9. The Morgan fingerprint density at radius 3 is 2.32 bits per heavy atom. The fraction of sp³-hybridized carbons (Fsp3) is 0.944. The molecule has 0 aromatic heterocycles. The largest absolute Gasteiger partial charge is 0.378 e. The van der Waals surface area contributed by atoms with Crippen molar-refractivity contribution < 1.29 is 14.3 Å². The summed E-state index contributed by atoms with van der Waals surface area (Å²) >= 11 is 0. The number of ether oxygens (including phenoxy) is 2. The number of carbonyl (C=O) groups excluding carboxylic acids is 1. The Labute approximate surface area is 136 Å². The number of piperidine rings is 1. The van der Waals surface area contributed by atoms with Crippen LogP contribution in [0.15, 0.2) is 0 Å². The quantitative estimate of drug-likeness (QED) is 0.550. The minimum atomic E-state index is 0.0549. The third-order valence-corrected chi connectivity index (χ3v) is 4.89. The zero-order valence-electron chi connectivity index (χ0n) is 15.0. The molecule has 22 heavy (non-hydrogen) atoms. The SMILES string of the molecule is CCC(C)C1CCN(CCOCCOCC(=O)C(C)C)CC1. The molecule has 1 saturated heterocycles. The van der Waals surface area contributed by atoms with Crippen LogP contribution >= 0.6 is 0 Å². The van der Waals surface area contributed by atoms with Gasteiger partial charge in [-0.25, -0.2) is 0 Å². The molecule has 0 aromatic carbocycles. The Kier molecular flexibility index (Phi) is 9.92. The van der Waals surface area contributed by atoms with Crippen LogP contribution in [0.2, 0.25) is 0 Å². The van der Waals surface area contributed by atoms with Crippen molar-refractivity contribution in [3.05, 3.63) is 0 Å². The number of hydrogen-bond donors (Lipinski definition) is 0. The number of rotatable bonds is 11. The van der Waals surface area contributed by atoms with E-state index in [0.717, 1.165) is 25.0 Å². The van der Waals surface area contributed by atoms with Gasteiger partial charge in [0, 0.05) is 12.5 Å². The van der Waals surface area contributed by atoms with Crippen LogP contribution in [0.3, 0.4) is 0 Å². The van der Waals surface area contributed by atoms with Crippen LogP contribution < -0.4 is 0 Å². The standard InChI is InChI=1S/C18H35NO3/c1-5-16(4)17-6-8-19(9-7-17)10-11-21-12-13-22-14-18(20)15(2)3/h15-17H,5-14H2,1-4H3. The second-order valence-corrected chi connectivity index (χ2v) is 6.85. The fourth-order valence-electron chi connectivity index (χ4n) is 2.83. The molecule has 0 radical (unpaired) electrons. The second-order valence-electron chi connectivity index (χ2n) is 6.85. The lowest BCUT2D eigenvalue weighted by atomic mass is 9.84. The van der Waals surface area contributed by atoms with Crippen LogP contribution in [0.1, 0.15) is 47.0 Å². The van der Waals surface area contributed by atoms with Gasteiger partial charge in [-0.05, 0) is 37.8 Å². The summed E-state index contributed by atoms with van der Waals surface area (Å²) in [5.74, 6) is 1.99. The molecular weight excluding hydrogens is 278 g/mol. The molecule has 0 aromatic rings. The zero-order valence-corrected chi connectivity index (χ0v) is 15.0. The molecule has 0 N–H and O–H groups in total. The molecule has 4 nitrogen and oxygen atoms in total. The van der Waals surface area contributed by atoms with Gasteiger partial charge in [0.05, 0.1) is 19.8 Å². The summed E-state index contributed by atoms with van der Waals surface area (Å²) in [7, 11) is 0. The van der Waals surface area contributed by atoms with Crippen LogP contribution in [0.25, 0.3) is 0 Å². The van der Waals surface area contributed by atoms with Crippen molar-refractivity contribution in [2.24, 2.45) is 17.8 Å². The van der Waals surface area contributed by atoms with Crippen molar-refractivity contribution in [2.45, 2.75) is 47.0 Å². The topological polar surface area (TPSA) is 38.8 Å². The highest BCUT2D eigenvalue weighted by Crippen LogP contribution is 2.26. The molecule has 1 fully saturated rings. The van der Waals surface area contributed by atoms with E-state index in [1.54, 1.807) is 0 Å². The Bertz CT molecular complexity index is 299. The first-order valence-corrected chi connectivity index (χ1v) is 8.95. The fourth-order valence-corrected chi connectivity index (χ4v) is 2.83. The lowest BCUT2D eigenvalue weighted by molar-refractivity contribution is -0.127. The molecule has 1 atom stereocenters. The van der Waals surface area contributed by atoms with Crippen molar-refractivity contribution in [1.29, 1.82) is 0 Å². The van der Waals surface area contributed by atoms with Crippen molar-refractivity contribution in [2.75, 3.05) is 46.1 Å². The van der Waals surface area contributed by atoms with Gasteiger partial charge in [-0.1, -0.05) is 34.1 Å². The Morgan fingerprint density at radius 1 is 1.09 bits per heavy atom. The van der Waals surface area contributed by atoms with Crippen LogP contribution in [0.5, 0.6) is 0 Å². The van der Waals surface area contributed by atoms with Gasteiger partial charge in [-0.3, -0.25) is 4.79 Å². The third-order valence-electron chi connectivity index (χ3n) is 4.89. The number of ketones is 1.